The zero-order valence-corrected chi connectivity index (χ0v) is 6.81. The molecule has 0 heterocycles. The molecule has 0 aromatic carbocycles. The third kappa shape index (κ3) is 5.60. The maximum absolute atomic E-state index is 10.8. The van der Waals surface area contributed by atoms with E-state index in [0.29, 0.717) is 6.42 Å². The molecular weight excluding hydrogens is 126 g/mol. The fourth-order valence-electron chi connectivity index (χ4n) is 0.630. The highest BCUT2D eigenvalue weighted by atomic mass is 16.1. The van der Waals surface area contributed by atoms with E-state index < -0.39 is 0 Å². The van der Waals surface area contributed by atoms with Crippen molar-refractivity contribution in [3.05, 3.63) is 6.54 Å². The lowest BCUT2D eigenvalue weighted by Gasteiger charge is -2.00. The normalized spacial score (nSPS) is 9.40. The second kappa shape index (κ2) is 6.59. The Hall–Kier alpha value is -0.530. The van der Waals surface area contributed by atoms with Gasteiger partial charge in [-0.1, -0.05) is 20.3 Å². The van der Waals surface area contributed by atoms with E-state index in [2.05, 4.69) is 12.2 Å². The molecule has 0 atom stereocenters. The Morgan fingerprint density at radius 3 is 2.60 bits per heavy atom. The minimum atomic E-state index is 0.135. The Bertz CT molecular complexity index is 91.3. The van der Waals surface area contributed by atoms with Crippen molar-refractivity contribution < 1.29 is 4.79 Å². The summed E-state index contributed by atoms with van der Waals surface area (Å²) in [6.45, 7) is 5.92. The van der Waals surface area contributed by atoms with Gasteiger partial charge >= 0.3 is 0 Å². The number of carbonyl (C=O) groups excluding carboxylic acids is 1. The summed E-state index contributed by atoms with van der Waals surface area (Å²) in [5.41, 5.74) is 0. The van der Waals surface area contributed by atoms with Gasteiger partial charge in [-0.25, -0.2) is 0 Å². The number of hydrogen-bond donors (Lipinski definition) is 1. The first kappa shape index (κ1) is 9.47. The van der Waals surface area contributed by atoms with Gasteiger partial charge in [0, 0.05) is 13.0 Å². The number of amides is 1. The van der Waals surface area contributed by atoms with Crippen LogP contribution in [0.15, 0.2) is 0 Å². The SMILES string of the molecule is CCC[CH]NC(=O)CCC. The van der Waals surface area contributed by atoms with Gasteiger partial charge in [0.05, 0.1) is 0 Å². The Labute approximate surface area is 63.0 Å². The van der Waals surface area contributed by atoms with Crippen LogP contribution in [0.1, 0.15) is 39.5 Å². The van der Waals surface area contributed by atoms with Gasteiger partial charge in [-0.15, -0.1) is 0 Å². The predicted molar refractivity (Wildman–Crippen MR) is 42.3 cm³/mol. The molecule has 1 radical (unpaired) electrons. The maximum Gasteiger partial charge on any atom is 0.220 e. The zero-order chi connectivity index (χ0) is 7.82. The van der Waals surface area contributed by atoms with E-state index in [9.17, 15) is 4.79 Å². The van der Waals surface area contributed by atoms with Gasteiger partial charge in [0.15, 0.2) is 0 Å². The summed E-state index contributed by atoms with van der Waals surface area (Å²) in [6.07, 6.45) is 3.62. The second-order valence-corrected chi connectivity index (χ2v) is 2.31. The van der Waals surface area contributed by atoms with Crippen LogP contribution in [0.4, 0.5) is 0 Å². The molecule has 0 aromatic heterocycles. The standard InChI is InChI=1S/C8H16NO/c1-3-5-7-9-8(10)6-4-2/h7H,3-6H2,1-2H3,(H,9,10). The van der Waals surface area contributed by atoms with Crippen molar-refractivity contribution in [1.82, 2.24) is 5.32 Å². The smallest absolute Gasteiger partial charge is 0.220 e. The van der Waals surface area contributed by atoms with Gasteiger partial charge in [-0.2, -0.15) is 0 Å². The molecule has 1 N–H and O–H groups in total. The molecule has 2 heteroatoms. The van der Waals surface area contributed by atoms with Gasteiger partial charge < -0.3 is 5.32 Å². The van der Waals surface area contributed by atoms with Crippen LogP contribution >= 0.6 is 0 Å². The molecule has 0 unspecified atom stereocenters. The van der Waals surface area contributed by atoms with Crippen molar-refractivity contribution in [3.8, 4) is 0 Å². The topological polar surface area (TPSA) is 29.1 Å². The van der Waals surface area contributed by atoms with Crippen molar-refractivity contribution >= 4 is 5.91 Å². The maximum atomic E-state index is 10.8. The summed E-state index contributed by atoms with van der Waals surface area (Å²) in [5, 5.41) is 2.72. The summed E-state index contributed by atoms with van der Waals surface area (Å²) < 4.78 is 0. The van der Waals surface area contributed by atoms with E-state index in [0.717, 1.165) is 19.3 Å². The van der Waals surface area contributed by atoms with E-state index >= 15 is 0 Å². The van der Waals surface area contributed by atoms with Gasteiger partial charge in [0.2, 0.25) is 5.91 Å². The van der Waals surface area contributed by atoms with E-state index in [1.54, 1.807) is 0 Å². The van der Waals surface area contributed by atoms with E-state index in [4.69, 9.17) is 0 Å². The molecule has 0 aromatic rings. The lowest BCUT2D eigenvalue weighted by atomic mass is 10.3. The quantitative estimate of drug-likeness (QED) is 0.583. The lowest BCUT2D eigenvalue weighted by Crippen LogP contribution is -2.19. The average Bonchev–Trinajstić information content (AvgIpc) is 1.89. The van der Waals surface area contributed by atoms with Gasteiger partial charge in [0.25, 0.3) is 0 Å². The van der Waals surface area contributed by atoms with Crippen LogP contribution in [-0.2, 0) is 4.79 Å². The fourth-order valence-corrected chi connectivity index (χ4v) is 0.630. The first-order valence-electron chi connectivity index (χ1n) is 3.92. The van der Waals surface area contributed by atoms with E-state index in [1.165, 1.54) is 0 Å². The summed E-state index contributed by atoms with van der Waals surface area (Å²) in [5.74, 6) is 0.135. The summed E-state index contributed by atoms with van der Waals surface area (Å²) in [4.78, 5) is 10.8. The summed E-state index contributed by atoms with van der Waals surface area (Å²) in [6, 6.07) is 0. The highest BCUT2D eigenvalue weighted by molar-refractivity contribution is 5.76. The van der Waals surface area contributed by atoms with Gasteiger partial charge in [-0.3, -0.25) is 4.79 Å². The summed E-state index contributed by atoms with van der Waals surface area (Å²) in [7, 11) is 0. The van der Waals surface area contributed by atoms with Crippen molar-refractivity contribution in [2.24, 2.45) is 0 Å². The number of nitrogens with one attached hydrogen (secondary N) is 1. The zero-order valence-electron chi connectivity index (χ0n) is 6.81. The molecular formula is C8H16NO. The molecule has 0 rings (SSSR count). The first-order chi connectivity index (χ1) is 4.81. The van der Waals surface area contributed by atoms with Crippen LogP contribution in [0.5, 0.6) is 0 Å². The third-order valence-electron chi connectivity index (χ3n) is 1.17. The minimum Gasteiger partial charge on any atom is -0.351 e. The molecule has 0 saturated carbocycles. The number of rotatable bonds is 5. The number of hydrogen-bond acceptors (Lipinski definition) is 1. The van der Waals surface area contributed by atoms with Crippen molar-refractivity contribution in [2.45, 2.75) is 39.5 Å². The first-order valence-corrected chi connectivity index (χ1v) is 3.92. The van der Waals surface area contributed by atoms with E-state index in [-0.39, 0.29) is 5.91 Å². The van der Waals surface area contributed by atoms with Gasteiger partial charge in [0.1, 0.15) is 0 Å². The molecule has 0 aliphatic carbocycles. The predicted octanol–water partition coefficient (Wildman–Crippen LogP) is 1.86. The molecule has 0 bridgehead atoms. The highest BCUT2D eigenvalue weighted by Crippen LogP contribution is 1.90. The molecule has 59 valence electrons. The molecule has 0 spiro atoms. The second-order valence-electron chi connectivity index (χ2n) is 2.31. The lowest BCUT2D eigenvalue weighted by molar-refractivity contribution is -0.120. The molecule has 0 saturated heterocycles. The van der Waals surface area contributed by atoms with Crippen LogP contribution in [0, 0.1) is 6.54 Å². The Kier molecular flexibility index (Phi) is 6.24. The summed E-state index contributed by atoms with van der Waals surface area (Å²) >= 11 is 0. The largest absolute Gasteiger partial charge is 0.351 e. The van der Waals surface area contributed by atoms with E-state index in [1.807, 2.05) is 13.5 Å². The fraction of sp³-hybridized carbons (Fsp3) is 0.750. The Morgan fingerprint density at radius 2 is 2.10 bits per heavy atom. The van der Waals surface area contributed by atoms with Crippen LogP contribution < -0.4 is 5.32 Å². The van der Waals surface area contributed by atoms with Crippen molar-refractivity contribution in [2.75, 3.05) is 0 Å². The molecule has 2 nitrogen and oxygen atoms in total. The number of carbonyl (C=O) groups is 1. The minimum absolute atomic E-state index is 0.135. The molecule has 0 fully saturated rings. The van der Waals surface area contributed by atoms with Crippen molar-refractivity contribution in [3.63, 3.8) is 0 Å². The highest BCUT2D eigenvalue weighted by Gasteiger charge is 1.95. The monoisotopic (exact) mass is 142 g/mol. The van der Waals surface area contributed by atoms with Crippen LogP contribution in [0.3, 0.4) is 0 Å². The van der Waals surface area contributed by atoms with Gasteiger partial charge in [-0.05, 0) is 12.8 Å². The third-order valence-corrected chi connectivity index (χ3v) is 1.17. The van der Waals surface area contributed by atoms with Crippen molar-refractivity contribution in [1.29, 1.82) is 0 Å². The molecule has 1 amide bonds. The Morgan fingerprint density at radius 1 is 1.40 bits per heavy atom. The number of unbranched alkanes of at least 4 members (excludes halogenated alkanes) is 1. The molecule has 0 aliphatic rings. The average molecular weight is 142 g/mol. The Balaban J connectivity index is 3.05. The van der Waals surface area contributed by atoms with Crippen LogP contribution in [-0.4, -0.2) is 5.91 Å². The molecule has 0 aliphatic heterocycles. The van der Waals surface area contributed by atoms with Crippen LogP contribution in [0.25, 0.3) is 0 Å². The molecule has 10 heavy (non-hydrogen) atoms. The van der Waals surface area contributed by atoms with Crippen LogP contribution in [0.2, 0.25) is 0 Å².